The molecule has 41 heavy (non-hydrogen) atoms. The molecule has 3 rings (SSSR count). The van der Waals surface area contributed by atoms with E-state index in [1.54, 1.807) is 11.0 Å². The molecule has 0 heterocycles. The van der Waals surface area contributed by atoms with Crippen LogP contribution in [0.1, 0.15) is 55.9 Å². The van der Waals surface area contributed by atoms with Gasteiger partial charge in [0.1, 0.15) is 6.04 Å². The number of sulfonamides is 1. The van der Waals surface area contributed by atoms with E-state index in [2.05, 4.69) is 5.32 Å². The molecular formula is C33H43N3O4S. The fourth-order valence-corrected chi connectivity index (χ4v) is 5.79. The number of amides is 2. The third-order valence-electron chi connectivity index (χ3n) is 6.96. The van der Waals surface area contributed by atoms with Gasteiger partial charge in [-0.1, -0.05) is 72.8 Å². The first kappa shape index (κ1) is 31.9. The Labute approximate surface area is 245 Å². The Kier molecular flexibility index (Phi) is 10.7. The minimum Gasteiger partial charge on any atom is -0.350 e. The van der Waals surface area contributed by atoms with Gasteiger partial charge in [0, 0.05) is 31.5 Å². The number of carbonyl (C=O) groups excluding carboxylic acids is 2. The molecule has 3 aromatic carbocycles. The number of carbonyl (C=O) groups is 2. The Morgan fingerprint density at radius 1 is 0.854 bits per heavy atom. The van der Waals surface area contributed by atoms with Gasteiger partial charge < -0.3 is 10.2 Å². The maximum Gasteiger partial charge on any atom is 0.243 e. The zero-order valence-corrected chi connectivity index (χ0v) is 25.9. The SMILES string of the molecule is Cc1cccc(N(CCCC(=O)N(Cc2ccccc2)[C@@H](Cc2ccccc2)C(=O)NC(C)(C)C)S(C)(=O)=O)c1C. The van der Waals surface area contributed by atoms with E-state index in [1.165, 1.54) is 10.6 Å². The summed E-state index contributed by atoms with van der Waals surface area (Å²) in [6, 6.07) is 24.1. The standard InChI is InChI=1S/C33H43N3O4S/c1-25-15-13-20-29(26(25)2)36(41(6,39)40)22-14-21-31(37)35(24-28-18-11-8-12-19-28)30(32(38)34-33(3,4)5)23-27-16-9-7-10-17-27/h7-13,15-20,30H,14,21-24H2,1-6H3,(H,34,38)/t30-/m0/s1. The second kappa shape index (κ2) is 13.8. The Morgan fingerprint density at radius 3 is 2.00 bits per heavy atom. The largest absolute Gasteiger partial charge is 0.350 e. The van der Waals surface area contributed by atoms with Crippen LogP contribution < -0.4 is 9.62 Å². The van der Waals surface area contributed by atoms with Crippen LogP contribution in [0.15, 0.2) is 78.9 Å². The van der Waals surface area contributed by atoms with Crippen LogP contribution in [0.2, 0.25) is 0 Å². The highest BCUT2D eigenvalue weighted by atomic mass is 32.2. The normalized spacial score (nSPS) is 12.4. The lowest BCUT2D eigenvalue weighted by atomic mass is 10.00. The minimum absolute atomic E-state index is 0.0950. The first-order chi connectivity index (χ1) is 19.3. The second-order valence-electron chi connectivity index (χ2n) is 11.6. The molecule has 0 aliphatic heterocycles. The van der Waals surface area contributed by atoms with Gasteiger partial charge in [0.2, 0.25) is 21.8 Å². The van der Waals surface area contributed by atoms with Crippen molar-refractivity contribution in [2.75, 3.05) is 17.1 Å². The third kappa shape index (κ3) is 9.46. The van der Waals surface area contributed by atoms with Crippen LogP contribution in [-0.2, 0) is 32.6 Å². The number of hydrogen-bond donors (Lipinski definition) is 1. The zero-order chi connectivity index (χ0) is 30.2. The average Bonchev–Trinajstić information content (AvgIpc) is 2.90. The number of hydrogen-bond acceptors (Lipinski definition) is 4. The molecule has 0 unspecified atom stereocenters. The van der Waals surface area contributed by atoms with E-state index in [9.17, 15) is 18.0 Å². The first-order valence-electron chi connectivity index (χ1n) is 14.0. The lowest BCUT2D eigenvalue weighted by molar-refractivity contribution is -0.142. The van der Waals surface area contributed by atoms with Gasteiger partial charge in [-0.25, -0.2) is 8.42 Å². The molecule has 0 bridgehead atoms. The summed E-state index contributed by atoms with van der Waals surface area (Å²) in [7, 11) is -3.57. The monoisotopic (exact) mass is 577 g/mol. The highest BCUT2D eigenvalue weighted by Crippen LogP contribution is 2.26. The Balaban J connectivity index is 1.90. The lowest BCUT2D eigenvalue weighted by Gasteiger charge is -2.34. The van der Waals surface area contributed by atoms with Crippen molar-refractivity contribution in [1.82, 2.24) is 10.2 Å². The molecule has 8 heteroatoms. The maximum atomic E-state index is 13.9. The fourth-order valence-electron chi connectivity index (χ4n) is 4.78. The molecule has 0 aromatic heterocycles. The highest BCUT2D eigenvalue weighted by Gasteiger charge is 2.32. The van der Waals surface area contributed by atoms with E-state index in [4.69, 9.17) is 0 Å². The summed E-state index contributed by atoms with van der Waals surface area (Å²) in [6.45, 7) is 10.0. The summed E-state index contributed by atoms with van der Waals surface area (Å²) in [4.78, 5) is 29.2. The van der Waals surface area contributed by atoms with Crippen molar-refractivity contribution >= 4 is 27.5 Å². The van der Waals surface area contributed by atoms with Crippen molar-refractivity contribution in [2.24, 2.45) is 0 Å². The molecule has 0 saturated carbocycles. The lowest BCUT2D eigenvalue weighted by Crippen LogP contribution is -2.54. The van der Waals surface area contributed by atoms with Gasteiger partial charge in [0.25, 0.3) is 0 Å². The van der Waals surface area contributed by atoms with E-state index in [-0.39, 0.29) is 31.3 Å². The van der Waals surface area contributed by atoms with Gasteiger partial charge in [0.05, 0.1) is 11.9 Å². The van der Waals surface area contributed by atoms with Crippen LogP contribution in [0.4, 0.5) is 5.69 Å². The molecule has 0 spiro atoms. The predicted octanol–water partition coefficient (Wildman–Crippen LogP) is 5.40. The van der Waals surface area contributed by atoms with E-state index < -0.39 is 21.6 Å². The molecule has 0 radical (unpaired) electrons. The van der Waals surface area contributed by atoms with E-state index in [0.717, 1.165) is 22.3 Å². The van der Waals surface area contributed by atoms with Crippen molar-refractivity contribution in [3.8, 4) is 0 Å². The predicted molar refractivity (Wildman–Crippen MR) is 166 cm³/mol. The van der Waals surface area contributed by atoms with E-state index >= 15 is 0 Å². The van der Waals surface area contributed by atoms with E-state index in [0.29, 0.717) is 18.5 Å². The molecule has 0 fully saturated rings. The third-order valence-corrected chi connectivity index (χ3v) is 8.14. The van der Waals surface area contributed by atoms with Crippen LogP contribution in [0.5, 0.6) is 0 Å². The number of nitrogens with zero attached hydrogens (tertiary/aromatic N) is 2. The summed E-state index contributed by atoms with van der Waals surface area (Å²) < 4.78 is 26.9. The average molecular weight is 578 g/mol. The number of benzene rings is 3. The summed E-state index contributed by atoms with van der Waals surface area (Å²) in [5, 5.41) is 3.07. The van der Waals surface area contributed by atoms with Crippen LogP contribution in [0.3, 0.4) is 0 Å². The molecule has 0 saturated heterocycles. The van der Waals surface area contributed by atoms with E-state index in [1.807, 2.05) is 107 Å². The van der Waals surface area contributed by atoms with Crippen molar-refractivity contribution in [2.45, 2.75) is 72.0 Å². The molecule has 7 nitrogen and oxygen atoms in total. The molecule has 3 aromatic rings. The molecule has 2 amide bonds. The number of aryl methyl sites for hydroxylation is 1. The number of rotatable bonds is 12. The molecule has 0 aliphatic rings. The first-order valence-corrected chi connectivity index (χ1v) is 15.8. The van der Waals surface area contributed by atoms with Crippen LogP contribution in [0.25, 0.3) is 0 Å². The van der Waals surface area contributed by atoms with Crippen LogP contribution in [0, 0.1) is 13.8 Å². The van der Waals surface area contributed by atoms with Gasteiger partial charge >= 0.3 is 0 Å². The summed E-state index contributed by atoms with van der Waals surface area (Å²) in [5.74, 6) is -0.424. The van der Waals surface area contributed by atoms with Gasteiger partial charge in [-0.2, -0.15) is 0 Å². The van der Waals surface area contributed by atoms with Crippen LogP contribution >= 0.6 is 0 Å². The summed E-state index contributed by atoms with van der Waals surface area (Å²) >= 11 is 0. The number of anilines is 1. The molecule has 0 aliphatic carbocycles. The molecule has 1 atom stereocenters. The molecule has 1 N–H and O–H groups in total. The van der Waals surface area contributed by atoms with Gasteiger partial charge in [-0.15, -0.1) is 0 Å². The van der Waals surface area contributed by atoms with Gasteiger partial charge in [0.15, 0.2) is 0 Å². The summed E-state index contributed by atoms with van der Waals surface area (Å²) in [5.41, 5.74) is 3.88. The van der Waals surface area contributed by atoms with Crippen molar-refractivity contribution in [1.29, 1.82) is 0 Å². The Morgan fingerprint density at radius 2 is 1.44 bits per heavy atom. The molecule has 220 valence electrons. The van der Waals surface area contributed by atoms with Crippen LogP contribution in [-0.4, -0.2) is 49.5 Å². The fraction of sp³-hybridized carbons (Fsp3) is 0.394. The molecular weight excluding hydrogens is 534 g/mol. The van der Waals surface area contributed by atoms with Crippen molar-refractivity contribution < 1.29 is 18.0 Å². The highest BCUT2D eigenvalue weighted by molar-refractivity contribution is 7.92. The minimum atomic E-state index is -3.57. The smallest absolute Gasteiger partial charge is 0.243 e. The maximum absolute atomic E-state index is 13.9. The van der Waals surface area contributed by atoms with Gasteiger partial charge in [-0.05, 0) is 69.4 Å². The van der Waals surface area contributed by atoms with Gasteiger partial charge in [-0.3, -0.25) is 13.9 Å². The Bertz CT molecular complexity index is 1420. The Hall–Kier alpha value is -3.65. The second-order valence-corrected chi connectivity index (χ2v) is 13.5. The van der Waals surface area contributed by atoms with Crippen molar-refractivity contribution in [3.05, 3.63) is 101 Å². The summed E-state index contributed by atoms with van der Waals surface area (Å²) in [6.07, 6.45) is 1.95. The topological polar surface area (TPSA) is 86.8 Å². The quantitative estimate of drug-likeness (QED) is 0.312. The van der Waals surface area contributed by atoms with Crippen molar-refractivity contribution in [3.63, 3.8) is 0 Å². The number of nitrogens with one attached hydrogen (secondary N) is 1. The zero-order valence-electron chi connectivity index (χ0n) is 25.1.